The van der Waals surface area contributed by atoms with Gasteiger partial charge in [0.25, 0.3) is 0 Å². The van der Waals surface area contributed by atoms with Gasteiger partial charge in [-0.05, 0) is 83.2 Å². The average Bonchev–Trinajstić information content (AvgIpc) is 3.89. The first kappa shape index (κ1) is 38.0. The van der Waals surface area contributed by atoms with Crippen LogP contribution in [0.15, 0.2) is 114 Å². The van der Waals surface area contributed by atoms with Crippen LogP contribution in [0.5, 0.6) is 0 Å². The number of imidazole rings is 1. The smallest absolute Gasteiger partial charge is 0.364 e. The molecule has 0 amide bonds. The van der Waals surface area contributed by atoms with E-state index in [4.69, 9.17) is 4.42 Å². The summed E-state index contributed by atoms with van der Waals surface area (Å²) in [7, 11) is -1.84. The fourth-order valence-electron chi connectivity index (χ4n) is 10.6. The quantitative estimate of drug-likeness (QED) is 0.122. The van der Waals surface area contributed by atoms with Crippen LogP contribution in [-0.4, -0.2) is 12.6 Å². The minimum Gasteiger partial charge on any atom is -0.455 e. The normalized spacial score (nSPS) is 16.1. The van der Waals surface area contributed by atoms with Crippen LogP contribution in [0.25, 0.3) is 61.3 Å². The predicted molar refractivity (Wildman–Crippen MR) is 248 cm³/mol. The highest BCUT2D eigenvalue weighted by atomic mass is 28.3. The highest BCUT2D eigenvalue weighted by molar-refractivity contribution is 6.89. The predicted octanol–water partition coefficient (Wildman–Crippen LogP) is 12.7. The molecule has 0 radical (unpaired) electrons. The number of aromatic nitrogens is 3. The summed E-state index contributed by atoms with van der Waals surface area (Å²) in [6, 6.07) is 39.5. The summed E-state index contributed by atoms with van der Waals surface area (Å²) >= 11 is 0. The maximum absolute atomic E-state index is 7.16. The van der Waals surface area contributed by atoms with E-state index in [0.29, 0.717) is 17.8 Å². The van der Waals surface area contributed by atoms with Crippen molar-refractivity contribution in [1.29, 1.82) is 0 Å². The molecule has 1 atom stereocenters. The lowest BCUT2D eigenvalue weighted by Gasteiger charge is -2.25. The van der Waals surface area contributed by atoms with Gasteiger partial charge in [-0.15, -0.1) is 9.13 Å². The van der Waals surface area contributed by atoms with Crippen molar-refractivity contribution in [3.63, 3.8) is 0 Å². The number of nitrogens with zero attached hydrogens (tertiary/aromatic N) is 3. The van der Waals surface area contributed by atoms with Gasteiger partial charge < -0.3 is 4.42 Å². The van der Waals surface area contributed by atoms with E-state index in [1.807, 2.05) is 0 Å². The summed E-state index contributed by atoms with van der Waals surface area (Å²) in [6.45, 7) is 28.7. The van der Waals surface area contributed by atoms with Crippen LogP contribution in [0.4, 0.5) is 0 Å². The van der Waals surface area contributed by atoms with Crippen molar-refractivity contribution in [2.45, 2.75) is 111 Å². The lowest BCUT2D eigenvalue weighted by atomic mass is 9.82. The van der Waals surface area contributed by atoms with Crippen LogP contribution in [0.2, 0.25) is 19.6 Å². The topological polar surface area (TPSA) is 25.8 Å². The third kappa shape index (κ3) is 5.25. The van der Waals surface area contributed by atoms with Crippen molar-refractivity contribution in [3.8, 4) is 28.3 Å². The van der Waals surface area contributed by atoms with E-state index in [0.717, 1.165) is 28.4 Å². The molecular weight excluding hydrogens is 735 g/mol. The van der Waals surface area contributed by atoms with Gasteiger partial charge >= 0.3 is 11.5 Å². The number of hydrogen-bond donors (Lipinski definition) is 0. The largest absolute Gasteiger partial charge is 0.455 e. The summed E-state index contributed by atoms with van der Waals surface area (Å²) in [6.07, 6.45) is 3.67. The minimum absolute atomic E-state index is 0.0457. The first-order valence-corrected chi connectivity index (χ1v) is 25.4. The van der Waals surface area contributed by atoms with E-state index in [9.17, 15) is 0 Å². The molecular formula is C54H59N3OSi+2. The van der Waals surface area contributed by atoms with E-state index >= 15 is 0 Å². The highest BCUT2D eigenvalue weighted by Gasteiger charge is 2.67. The van der Waals surface area contributed by atoms with Gasteiger partial charge in [-0.25, -0.2) is 0 Å². The van der Waals surface area contributed by atoms with Gasteiger partial charge in [-0.1, -0.05) is 137 Å². The third-order valence-electron chi connectivity index (χ3n) is 13.3. The Balaban J connectivity index is 1.49. The van der Waals surface area contributed by atoms with Gasteiger partial charge in [0.2, 0.25) is 5.69 Å². The van der Waals surface area contributed by atoms with Crippen LogP contribution in [0.3, 0.4) is 0 Å². The van der Waals surface area contributed by atoms with Gasteiger partial charge in [0, 0.05) is 33.2 Å². The second kappa shape index (κ2) is 12.9. The number of hydrogen-bond acceptors (Lipinski definition) is 1. The molecule has 0 bridgehead atoms. The monoisotopic (exact) mass is 793 g/mol. The van der Waals surface area contributed by atoms with Crippen molar-refractivity contribution in [2.75, 3.05) is 0 Å². The zero-order valence-electron chi connectivity index (χ0n) is 37.1. The lowest BCUT2D eigenvalue weighted by molar-refractivity contribution is -0.944. The molecule has 5 heteroatoms. The molecule has 3 aromatic heterocycles. The number of pyridine rings is 1. The molecule has 8 aromatic rings. The zero-order valence-corrected chi connectivity index (χ0v) is 38.1. The number of para-hydroxylation sites is 4. The molecule has 0 saturated heterocycles. The second-order valence-electron chi connectivity index (χ2n) is 20.5. The SMILES string of the molecule is CC(C)Cc1cc2[n+](cc1[Si](C)(C)C)C1(c3cc(C(C)(C)C)ccc3-2)c2ccc3c(oc4ccccc43)c2-c2n(-c3c(C(C)C)cccc3C(C)C)c3ccccc3[n+]21. The zero-order chi connectivity index (χ0) is 41.5. The van der Waals surface area contributed by atoms with E-state index in [1.165, 1.54) is 77.9 Å². The second-order valence-corrected chi connectivity index (χ2v) is 25.6. The Morgan fingerprint density at radius 1 is 0.729 bits per heavy atom. The molecule has 10 rings (SSSR count). The van der Waals surface area contributed by atoms with Crippen molar-refractivity contribution < 1.29 is 13.6 Å². The minimum atomic E-state index is -1.84. The summed E-state index contributed by atoms with van der Waals surface area (Å²) in [5, 5.41) is 3.85. The first-order valence-electron chi connectivity index (χ1n) is 21.9. The molecule has 0 fully saturated rings. The van der Waals surface area contributed by atoms with Gasteiger partial charge in [-0.2, -0.15) is 4.57 Å². The van der Waals surface area contributed by atoms with E-state index in [2.05, 4.69) is 205 Å². The Bertz CT molecular complexity index is 3010. The van der Waals surface area contributed by atoms with Crippen LogP contribution < -0.4 is 14.3 Å². The number of fused-ring (bicyclic) bond motifs is 16. The molecule has 59 heavy (non-hydrogen) atoms. The Hall–Kier alpha value is -5.26. The number of benzene rings is 5. The molecule has 298 valence electrons. The molecule has 0 N–H and O–H groups in total. The van der Waals surface area contributed by atoms with Gasteiger partial charge in [0.1, 0.15) is 16.8 Å². The Morgan fingerprint density at radius 2 is 1.42 bits per heavy atom. The molecule has 2 aliphatic heterocycles. The fourth-order valence-corrected chi connectivity index (χ4v) is 12.3. The maximum Gasteiger partial charge on any atom is 0.364 e. The molecule has 0 aliphatic carbocycles. The summed E-state index contributed by atoms with van der Waals surface area (Å²) in [4.78, 5) is 0. The third-order valence-corrected chi connectivity index (χ3v) is 15.4. The van der Waals surface area contributed by atoms with Crippen molar-refractivity contribution in [3.05, 3.63) is 143 Å². The summed E-state index contributed by atoms with van der Waals surface area (Å²) in [5.74, 6) is 2.36. The van der Waals surface area contributed by atoms with Crippen LogP contribution in [-0.2, 0) is 17.5 Å². The molecule has 5 heterocycles. The molecule has 0 saturated carbocycles. The van der Waals surface area contributed by atoms with Crippen LogP contribution in [0, 0.1) is 5.92 Å². The lowest BCUT2D eigenvalue weighted by Crippen LogP contribution is -2.72. The Labute approximate surface area is 351 Å². The van der Waals surface area contributed by atoms with Gasteiger partial charge in [-0.3, -0.25) is 0 Å². The van der Waals surface area contributed by atoms with Gasteiger partial charge in [0.05, 0.1) is 24.8 Å². The fraction of sp³-hybridized carbons (Fsp3) is 0.333. The van der Waals surface area contributed by atoms with Crippen molar-refractivity contribution in [2.24, 2.45) is 5.92 Å². The van der Waals surface area contributed by atoms with Crippen LogP contribution in [0.1, 0.15) is 108 Å². The molecule has 4 nitrogen and oxygen atoms in total. The Kier molecular flexibility index (Phi) is 8.28. The standard InChI is InChI=1S/C54H59N3OSi/c1-32(2)28-35-29-46-41-25-24-36(53(7,8)9)30-43(41)54(55(46)31-48(35)59(10,11)12)42-27-26-40-39-18-13-16-23-47(39)58-51(40)49(42)52-56(44-21-14-15-22-45(44)57(52)54)50-37(33(3)4)19-17-20-38(50)34(5)6/h13-27,29-34H,28H2,1-12H3/q+2. The highest BCUT2D eigenvalue weighted by Crippen LogP contribution is 2.53. The molecule has 1 spiro atoms. The number of furan rings is 1. The van der Waals surface area contributed by atoms with E-state index in [-0.39, 0.29) is 5.41 Å². The number of rotatable bonds is 6. The van der Waals surface area contributed by atoms with Crippen molar-refractivity contribution >= 4 is 46.2 Å². The molecule has 5 aromatic carbocycles. The maximum atomic E-state index is 7.16. The Morgan fingerprint density at radius 3 is 2.10 bits per heavy atom. The van der Waals surface area contributed by atoms with E-state index < -0.39 is 13.7 Å². The van der Waals surface area contributed by atoms with Gasteiger partial charge in [0.15, 0.2) is 22.8 Å². The first-order chi connectivity index (χ1) is 28.0. The summed E-state index contributed by atoms with van der Waals surface area (Å²) < 4.78 is 15.2. The molecule has 2 aliphatic rings. The summed E-state index contributed by atoms with van der Waals surface area (Å²) in [5.41, 5.74) is 16.7. The van der Waals surface area contributed by atoms with Crippen LogP contribution >= 0.6 is 0 Å². The molecule has 1 unspecified atom stereocenters. The average molecular weight is 794 g/mol. The van der Waals surface area contributed by atoms with E-state index in [1.54, 1.807) is 0 Å². The van der Waals surface area contributed by atoms with Crippen molar-refractivity contribution in [1.82, 2.24) is 4.57 Å².